The standard InChI is InChI=1S/C20H28N4O3S.HI/c1-15(2)27-19-10-8-18(9-11-19)24-20(22-12-13-28(21,25)26)23-14-17-7-5-4-6-16(17)3;/h4-11,15H,12-14H2,1-3H3,(H2,21,25,26)(H2,22,23,24);1H. The van der Waals surface area contributed by atoms with E-state index in [9.17, 15) is 8.42 Å². The summed E-state index contributed by atoms with van der Waals surface area (Å²) in [6.45, 7) is 6.59. The SMILES string of the molecule is Cc1ccccc1CN=C(NCCS(N)(=O)=O)Nc1ccc(OC(C)C)cc1.I. The Labute approximate surface area is 190 Å². The fourth-order valence-electron chi connectivity index (χ4n) is 2.43. The number of nitrogens with zero attached hydrogens (tertiary/aromatic N) is 1. The van der Waals surface area contributed by atoms with Gasteiger partial charge in [0.2, 0.25) is 10.0 Å². The summed E-state index contributed by atoms with van der Waals surface area (Å²) in [6, 6.07) is 15.5. The number of benzene rings is 2. The van der Waals surface area contributed by atoms with Gasteiger partial charge in [-0.05, 0) is 56.2 Å². The fourth-order valence-corrected chi connectivity index (χ4v) is 2.82. The number of nitrogens with one attached hydrogen (secondary N) is 2. The van der Waals surface area contributed by atoms with Gasteiger partial charge in [0.15, 0.2) is 5.96 Å². The van der Waals surface area contributed by atoms with Crippen molar-refractivity contribution < 1.29 is 13.2 Å². The van der Waals surface area contributed by atoms with Crippen molar-refractivity contribution in [3.63, 3.8) is 0 Å². The van der Waals surface area contributed by atoms with Crippen molar-refractivity contribution >= 4 is 45.6 Å². The van der Waals surface area contributed by atoms with Crippen LogP contribution >= 0.6 is 24.0 Å². The number of nitrogens with two attached hydrogens (primary N) is 1. The number of halogens is 1. The molecule has 0 unspecified atom stereocenters. The first-order chi connectivity index (χ1) is 13.2. The molecule has 0 aromatic heterocycles. The number of hydrogen-bond donors (Lipinski definition) is 3. The average Bonchev–Trinajstić information content (AvgIpc) is 2.61. The van der Waals surface area contributed by atoms with Crippen molar-refractivity contribution in [3.05, 3.63) is 59.7 Å². The van der Waals surface area contributed by atoms with Crippen LogP contribution < -0.4 is 20.5 Å². The summed E-state index contributed by atoms with van der Waals surface area (Å²) < 4.78 is 28.0. The van der Waals surface area contributed by atoms with Crippen molar-refractivity contribution in [3.8, 4) is 5.75 Å². The highest BCUT2D eigenvalue weighted by molar-refractivity contribution is 14.0. The first-order valence-electron chi connectivity index (χ1n) is 9.10. The predicted molar refractivity (Wildman–Crippen MR) is 130 cm³/mol. The molecule has 2 aromatic rings. The van der Waals surface area contributed by atoms with Crippen molar-refractivity contribution in [1.29, 1.82) is 0 Å². The average molecular weight is 532 g/mol. The number of aliphatic imine (C=N–C) groups is 1. The van der Waals surface area contributed by atoms with E-state index in [1.807, 2.05) is 69.3 Å². The lowest BCUT2D eigenvalue weighted by Gasteiger charge is -2.14. The van der Waals surface area contributed by atoms with Gasteiger partial charge in [-0.2, -0.15) is 0 Å². The molecule has 0 amide bonds. The molecule has 4 N–H and O–H groups in total. The van der Waals surface area contributed by atoms with Crippen LogP contribution in [0.25, 0.3) is 0 Å². The van der Waals surface area contributed by atoms with Gasteiger partial charge in [-0.15, -0.1) is 24.0 Å². The minimum Gasteiger partial charge on any atom is -0.491 e. The lowest BCUT2D eigenvalue weighted by molar-refractivity contribution is 0.242. The summed E-state index contributed by atoms with van der Waals surface area (Å²) in [4.78, 5) is 4.57. The molecular formula is C20H29IN4O3S. The molecule has 0 saturated heterocycles. The molecule has 0 aliphatic heterocycles. The van der Waals surface area contributed by atoms with Crippen LogP contribution in [0.3, 0.4) is 0 Å². The summed E-state index contributed by atoms with van der Waals surface area (Å²) >= 11 is 0. The molecule has 0 atom stereocenters. The maximum atomic E-state index is 11.2. The second-order valence-electron chi connectivity index (χ2n) is 6.70. The maximum absolute atomic E-state index is 11.2. The van der Waals surface area contributed by atoms with Gasteiger partial charge in [-0.25, -0.2) is 18.5 Å². The number of aryl methyl sites for hydroxylation is 1. The molecule has 0 aliphatic rings. The van der Waals surface area contributed by atoms with Crippen LogP contribution in [0.4, 0.5) is 5.69 Å². The minimum atomic E-state index is -3.55. The number of rotatable bonds is 8. The van der Waals surface area contributed by atoms with E-state index in [4.69, 9.17) is 9.88 Å². The van der Waals surface area contributed by atoms with Crippen LogP contribution in [0, 0.1) is 6.92 Å². The Morgan fingerprint density at radius 1 is 1.14 bits per heavy atom. The molecule has 2 aromatic carbocycles. The molecule has 160 valence electrons. The van der Waals surface area contributed by atoms with E-state index in [2.05, 4.69) is 15.6 Å². The van der Waals surface area contributed by atoms with Gasteiger partial charge in [0.25, 0.3) is 0 Å². The third-order valence-electron chi connectivity index (χ3n) is 3.84. The van der Waals surface area contributed by atoms with Crippen LogP contribution in [0.15, 0.2) is 53.5 Å². The van der Waals surface area contributed by atoms with E-state index in [0.29, 0.717) is 12.5 Å². The van der Waals surface area contributed by atoms with Gasteiger partial charge >= 0.3 is 0 Å². The molecule has 0 radical (unpaired) electrons. The van der Waals surface area contributed by atoms with Gasteiger partial charge in [0.05, 0.1) is 18.4 Å². The zero-order chi connectivity index (χ0) is 20.6. The highest BCUT2D eigenvalue weighted by Gasteiger charge is 2.06. The van der Waals surface area contributed by atoms with Crippen LogP contribution in [-0.4, -0.2) is 32.8 Å². The second kappa shape index (κ2) is 12.0. The fraction of sp³-hybridized carbons (Fsp3) is 0.350. The van der Waals surface area contributed by atoms with E-state index in [1.165, 1.54) is 0 Å². The van der Waals surface area contributed by atoms with Crippen LogP contribution in [0.1, 0.15) is 25.0 Å². The Bertz CT molecular complexity index is 900. The van der Waals surface area contributed by atoms with E-state index < -0.39 is 10.0 Å². The Balaban J connectivity index is 0.00000420. The smallest absolute Gasteiger partial charge is 0.210 e. The van der Waals surface area contributed by atoms with Crippen LogP contribution in [0.2, 0.25) is 0 Å². The molecule has 9 heteroatoms. The van der Waals surface area contributed by atoms with Crippen LogP contribution in [-0.2, 0) is 16.6 Å². The summed E-state index contributed by atoms with van der Waals surface area (Å²) in [5, 5.41) is 11.3. The molecule has 0 fully saturated rings. The van der Waals surface area contributed by atoms with Crippen molar-refractivity contribution in [2.75, 3.05) is 17.6 Å². The molecular weight excluding hydrogens is 503 g/mol. The third kappa shape index (κ3) is 9.95. The van der Waals surface area contributed by atoms with Crippen molar-refractivity contribution in [1.82, 2.24) is 5.32 Å². The number of hydrogen-bond acceptors (Lipinski definition) is 4. The van der Waals surface area contributed by atoms with Gasteiger partial charge in [-0.3, -0.25) is 0 Å². The first kappa shape index (κ1) is 25.2. The summed E-state index contributed by atoms with van der Waals surface area (Å²) in [7, 11) is -3.55. The normalized spacial score (nSPS) is 11.7. The largest absolute Gasteiger partial charge is 0.491 e. The minimum absolute atomic E-state index is 0. The zero-order valence-corrected chi connectivity index (χ0v) is 20.0. The van der Waals surface area contributed by atoms with E-state index in [1.54, 1.807) is 0 Å². The maximum Gasteiger partial charge on any atom is 0.210 e. The number of primary sulfonamides is 1. The molecule has 0 aliphatic carbocycles. The van der Waals surface area contributed by atoms with Gasteiger partial charge < -0.3 is 15.4 Å². The lowest BCUT2D eigenvalue weighted by atomic mass is 10.1. The highest BCUT2D eigenvalue weighted by atomic mass is 127. The number of anilines is 1. The van der Waals surface area contributed by atoms with E-state index >= 15 is 0 Å². The highest BCUT2D eigenvalue weighted by Crippen LogP contribution is 2.17. The summed E-state index contributed by atoms with van der Waals surface area (Å²) in [5.41, 5.74) is 3.05. The topological polar surface area (TPSA) is 106 Å². The predicted octanol–water partition coefficient (Wildman–Crippen LogP) is 3.25. The molecule has 7 nitrogen and oxygen atoms in total. The number of ether oxygens (including phenoxy) is 1. The van der Waals surface area contributed by atoms with Gasteiger partial charge in [-0.1, -0.05) is 24.3 Å². The zero-order valence-electron chi connectivity index (χ0n) is 16.9. The number of sulfonamides is 1. The quantitative estimate of drug-likeness (QED) is 0.275. The summed E-state index contributed by atoms with van der Waals surface area (Å²) in [5.74, 6) is 1.07. The first-order valence-corrected chi connectivity index (χ1v) is 10.8. The lowest BCUT2D eigenvalue weighted by Crippen LogP contribution is -2.35. The Hall–Kier alpha value is -1.85. The second-order valence-corrected chi connectivity index (χ2v) is 8.44. The van der Waals surface area contributed by atoms with Crippen molar-refractivity contribution in [2.24, 2.45) is 10.1 Å². The Morgan fingerprint density at radius 3 is 2.38 bits per heavy atom. The number of guanidine groups is 1. The van der Waals surface area contributed by atoms with Crippen LogP contribution in [0.5, 0.6) is 5.75 Å². The monoisotopic (exact) mass is 532 g/mol. The molecule has 29 heavy (non-hydrogen) atoms. The van der Waals surface area contributed by atoms with Gasteiger partial charge in [0, 0.05) is 12.2 Å². The molecule has 0 spiro atoms. The van der Waals surface area contributed by atoms with E-state index in [-0.39, 0.29) is 42.4 Å². The Kier molecular flexibility index (Phi) is 10.4. The third-order valence-corrected chi connectivity index (χ3v) is 4.61. The molecule has 0 heterocycles. The summed E-state index contributed by atoms with van der Waals surface area (Å²) in [6.07, 6.45) is 0.102. The van der Waals surface area contributed by atoms with Crippen molar-refractivity contribution in [2.45, 2.75) is 33.4 Å². The Morgan fingerprint density at radius 2 is 1.79 bits per heavy atom. The van der Waals surface area contributed by atoms with E-state index in [0.717, 1.165) is 22.6 Å². The molecule has 2 rings (SSSR count). The molecule has 0 saturated carbocycles. The molecule has 0 bridgehead atoms. The van der Waals surface area contributed by atoms with Gasteiger partial charge in [0.1, 0.15) is 5.75 Å².